The molecule has 0 saturated heterocycles. The van der Waals surface area contributed by atoms with Crippen LogP contribution in [0.3, 0.4) is 0 Å². The molecule has 2 aromatic rings. The van der Waals surface area contributed by atoms with Crippen molar-refractivity contribution >= 4 is 11.9 Å². The number of aromatic nitrogens is 2. The highest BCUT2D eigenvalue weighted by Crippen LogP contribution is 2.13. The average molecular weight is 257 g/mol. The van der Waals surface area contributed by atoms with Gasteiger partial charge in [0.25, 0.3) is 5.78 Å². The van der Waals surface area contributed by atoms with Crippen molar-refractivity contribution in [1.82, 2.24) is 9.78 Å². The number of nitro groups is 1. The molecule has 19 heavy (non-hydrogen) atoms. The minimum atomic E-state index is -0.678. The highest BCUT2D eigenvalue weighted by molar-refractivity contribution is 6.09. The normalized spacial score (nSPS) is 11.3. The van der Waals surface area contributed by atoms with Crippen LogP contribution in [-0.2, 0) is 7.05 Å². The molecule has 0 fully saturated rings. The molecule has 6 nitrogen and oxygen atoms in total. The number of rotatable bonds is 4. The topological polar surface area (TPSA) is 78.0 Å². The van der Waals surface area contributed by atoms with Crippen LogP contribution >= 0.6 is 0 Å². The molecule has 0 aliphatic carbocycles. The van der Waals surface area contributed by atoms with E-state index >= 15 is 0 Å². The first-order chi connectivity index (χ1) is 9.08. The van der Waals surface area contributed by atoms with Gasteiger partial charge in [0.15, 0.2) is 0 Å². The summed E-state index contributed by atoms with van der Waals surface area (Å²) in [7, 11) is 1.70. The summed E-state index contributed by atoms with van der Waals surface area (Å²) in [6, 6.07) is 8.16. The van der Waals surface area contributed by atoms with Gasteiger partial charge < -0.3 is 0 Å². The molecule has 0 radical (unpaired) electrons. The van der Waals surface area contributed by atoms with Crippen molar-refractivity contribution in [2.45, 2.75) is 0 Å². The number of hydrogen-bond acceptors (Lipinski definition) is 4. The van der Waals surface area contributed by atoms with E-state index < -0.39 is 16.4 Å². The highest BCUT2D eigenvalue weighted by atomic mass is 16.6. The van der Waals surface area contributed by atoms with Gasteiger partial charge in [0, 0.05) is 30.4 Å². The van der Waals surface area contributed by atoms with Crippen molar-refractivity contribution < 1.29 is 9.72 Å². The predicted octanol–water partition coefficient (Wildman–Crippen LogP) is 1.92. The number of Topliss-reactive ketones (excluding diaryl/α,β-unsaturated/α-hetero) is 1. The monoisotopic (exact) mass is 257 g/mol. The van der Waals surface area contributed by atoms with E-state index in [9.17, 15) is 14.9 Å². The lowest BCUT2D eigenvalue weighted by atomic mass is 10.1. The number of nitrogens with zero attached hydrogens (tertiary/aromatic N) is 3. The van der Waals surface area contributed by atoms with E-state index in [1.807, 2.05) is 0 Å². The third-order valence-electron chi connectivity index (χ3n) is 2.49. The Morgan fingerprint density at radius 1 is 1.37 bits per heavy atom. The van der Waals surface area contributed by atoms with Gasteiger partial charge in [-0.05, 0) is 0 Å². The molecule has 0 atom stereocenters. The third-order valence-corrected chi connectivity index (χ3v) is 2.49. The van der Waals surface area contributed by atoms with E-state index in [0.29, 0.717) is 5.56 Å². The second-order valence-electron chi connectivity index (χ2n) is 3.93. The molecule has 0 bridgehead atoms. The molecule has 0 N–H and O–H groups in total. The Balaban J connectivity index is 2.39. The highest BCUT2D eigenvalue weighted by Gasteiger charge is 2.23. The van der Waals surface area contributed by atoms with Crippen LogP contribution in [0.25, 0.3) is 6.08 Å². The minimum Gasteiger partial charge on any atom is -0.282 e. The molecule has 2 rings (SSSR count). The first-order valence-electron chi connectivity index (χ1n) is 5.52. The number of hydrogen-bond donors (Lipinski definition) is 0. The van der Waals surface area contributed by atoms with Crippen molar-refractivity contribution in [2.24, 2.45) is 7.05 Å². The Hall–Kier alpha value is -2.76. The molecule has 1 heterocycles. The molecule has 0 unspecified atom stereocenters. The average Bonchev–Trinajstić information content (AvgIpc) is 2.81. The van der Waals surface area contributed by atoms with Crippen molar-refractivity contribution in [3.05, 3.63) is 69.7 Å². The SMILES string of the molecule is Cn1cc(C=C(C(=O)c2ccccc2)[N+](=O)[O-])cn1. The Labute approximate surface area is 109 Å². The zero-order valence-electron chi connectivity index (χ0n) is 10.2. The molecule has 6 heteroatoms. The maximum absolute atomic E-state index is 12.1. The van der Waals surface area contributed by atoms with Gasteiger partial charge in [-0.15, -0.1) is 0 Å². The van der Waals surface area contributed by atoms with Crippen molar-refractivity contribution in [3.63, 3.8) is 0 Å². The van der Waals surface area contributed by atoms with Gasteiger partial charge in [0.2, 0.25) is 0 Å². The van der Waals surface area contributed by atoms with Crippen LogP contribution in [0.1, 0.15) is 15.9 Å². The second kappa shape index (κ2) is 5.26. The molecule has 0 spiro atoms. The largest absolute Gasteiger partial charge is 0.317 e. The Morgan fingerprint density at radius 3 is 2.58 bits per heavy atom. The Bertz CT molecular complexity index is 644. The summed E-state index contributed by atoms with van der Waals surface area (Å²) in [6.07, 6.45) is 4.28. The number of carbonyl (C=O) groups is 1. The number of aryl methyl sites for hydroxylation is 1. The minimum absolute atomic E-state index is 0.286. The van der Waals surface area contributed by atoms with Crippen LogP contribution in [0.2, 0.25) is 0 Å². The van der Waals surface area contributed by atoms with Crippen molar-refractivity contribution in [2.75, 3.05) is 0 Å². The summed E-state index contributed by atoms with van der Waals surface area (Å²) >= 11 is 0. The van der Waals surface area contributed by atoms with E-state index in [-0.39, 0.29) is 5.56 Å². The van der Waals surface area contributed by atoms with Crippen LogP contribution in [0.5, 0.6) is 0 Å². The smallest absolute Gasteiger partial charge is 0.282 e. The molecule has 0 aliphatic heterocycles. The summed E-state index contributed by atoms with van der Waals surface area (Å²) in [6.45, 7) is 0. The predicted molar refractivity (Wildman–Crippen MR) is 69.0 cm³/mol. The number of carbonyl (C=O) groups excluding carboxylic acids is 1. The zero-order valence-corrected chi connectivity index (χ0v) is 10.2. The molecule has 1 aromatic carbocycles. The standard InChI is InChI=1S/C13H11N3O3/c1-15-9-10(8-14-15)7-12(16(18)19)13(17)11-5-3-2-4-6-11/h2-9H,1H3. The lowest BCUT2D eigenvalue weighted by Crippen LogP contribution is -2.11. The summed E-state index contributed by atoms with van der Waals surface area (Å²) < 4.78 is 1.51. The summed E-state index contributed by atoms with van der Waals surface area (Å²) in [5, 5.41) is 14.9. The van der Waals surface area contributed by atoms with Crippen LogP contribution in [0, 0.1) is 10.1 Å². The molecule has 96 valence electrons. The molecular weight excluding hydrogens is 246 g/mol. The quantitative estimate of drug-likeness (QED) is 0.363. The third kappa shape index (κ3) is 2.92. The Kier molecular flexibility index (Phi) is 3.51. The lowest BCUT2D eigenvalue weighted by molar-refractivity contribution is -0.415. The molecule has 1 aromatic heterocycles. The molecule has 0 amide bonds. The van der Waals surface area contributed by atoms with E-state index in [1.54, 1.807) is 43.6 Å². The van der Waals surface area contributed by atoms with Gasteiger partial charge in [-0.2, -0.15) is 5.10 Å². The summed E-state index contributed by atoms with van der Waals surface area (Å²) in [4.78, 5) is 22.4. The van der Waals surface area contributed by atoms with Crippen molar-refractivity contribution in [3.8, 4) is 0 Å². The van der Waals surface area contributed by atoms with Gasteiger partial charge >= 0.3 is 5.70 Å². The van der Waals surface area contributed by atoms with Gasteiger partial charge in [0.05, 0.1) is 11.1 Å². The van der Waals surface area contributed by atoms with E-state index in [0.717, 1.165) is 0 Å². The summed E-state index contributed by atoms with van der Waals surface area (Å²) in [5.41, 5.74) is 0.326. The van der Waals surface area contributed by atoms with E-state index in [1.165, 1.54) is 17.0 Å². The number of ketones is 1. The van der Waals surface area contributed by atoms with Crippen LogP contribution in [0.15, 0.2) is 48.4 Å². The van der Waals surface area contributed by atoms with Gasteiger partial charge in [-0.1, -0.05) is 30.3 Å². The van der Waals surface area contributed by atoms with Gasteiger partial charge in [-0.3, -0.25) is 19.6 Å². The van der Waals surface area contributed by atoms with Crippen LogP contribution in [-0.4, -0.2) is 20.5 Å². The van der Waals surface area contributed by atoms with E-state index in [2.05, 4.69) is 5.10 Å². The fourth-order valence-electron chi connectivity index (χ4n) is 1.61. The van der Waals surface area contributed by atoms with Gasteiger partial charge in [0.1, 0.15) is 0 Å². The number of allylic oxidation sites excluding steroid dienone is 1. The van der Waals surface area contributed by atoms with Crippen LogP contribution < -0.4 is 0 Å². The maximum Gasteiger partial charge on any atom is 0.317 e. The Morgan fingerprint density at radius 2 is 2.05 bits per heavy atom. The fraction of sp³-hybridized carbons (Fsp3) is 0.0769. The first kappa shape index (κ1) is 12.7. The fourth-order valence-corrected chi connectivity index (χ4v) is 1.61. The molecular formula is C13H11N3O3. The van der Waals surface area contributed by atoms with E-state index in [4.69, 9.17) is 0 Å². The second-order valence-corrected chi connectivity index (χ2v) is 3.93. The van der Waals surface area contributed by atoms with Gasteiger partial charge in [-0.25, -0.2) is 0 Å². The first-order valence-corrected chi connectivity index (χ1v) is 5.52. The molecule has 0 saturated carbocycles. The number of benzene rings is 1. The lowest BCUT2D eigenvalue weighted by Gasteiger charge is -1.98. The molecule has 0 aliphatic rings. The summed E-state index contributed by atoms with van der Waals surface area (Å²) in [5.74, 6) is -0.616. The van der Waals surface area contributed by atoms with Crippen molar-refractivity contribution in [1.29, 1.82) is 0 Å². The van der Waals surface area contributed by atoms with Crippen LogP contribution in [0.4, 0.5) is 0 Å². The zero-order chi connectivity index (χ0) is 13.8. The maximum atomic E-state index is 12.1.